The molecule has 0 bridgehead atoms. The summed E-state index contributed by atoms with van der Waals surface area (Å²) in [7, 11) is 0. The van der Waals surface area contributed by atoms with Crippen molar-refractivity contribution < 1.29 is 4.79 Å². The first-order valence-corrected chi connectivity index (χ1v) is 8.58. The summed E-state index contributed by atoms with van der Waals surface area (Å²) in [6, 6.07) is 14.7. The van der Waals surface area contributed by atoms with Crippen LogP contribution in [0.25, 0.3) is 10.8 Å². The zero-order valence-electron chi connectivity index (χ0n) is 13.0. The summed E-state index contributed by atoms with van der Waals surface area (Å²) in [6.07, 6.45) is 0. The minimum Gasteiger partial charge on any atom is -0.308 e. The molecule has 1 amide bonds. The van der Waals surface area contributed by atoms with E-state index in [4.69, 9.17) is 0 Å². The van der Waals surface area contributed by atoms with E-state index in [2.05, 4.69) is 58.0 Å². The van der Waals surface area contributed by atoms with Gasteiger partial charge in [0.1, 0.15) is 0 Å². The number of rotatable bonds is 1. The number of amides is 1. The molecule has 116 valence electrons. The summed E-state index contributed by atoms with van der Waals surface area (Å²) < 4.78 is 0. The van der Waals surface area contributed by atoms with Gasteiger partial charge in [0.25, 0.3) is 0 Å². The summed E-state index contributed by atoms with van der Waals surface area (Å²) in [6.45, 7) is 3.95. The van der Waals surface area contributed by atoms with Crippen molar-refractivity contribution in [1.29, 1.82) is 0 Å². The predicted molar refractivity (Wildman–Crippen MR) is 94.8 cm³/mol. The highest BCUT2D eigenvalue weighted by Gasteiger charge is 2.32. The minimum absolute atomic E-state index is 0.00508. The van der Waals surface area contributed by atoms with Crippen molar-refractivity contribution in [3.05, 3.63) is 59.3 Å². The van der Waals surface area contributed by atoms with Crippen LogP contribution < -0.4 is 5.32 Å². The van der Waals surface area contributed by atoms with E-state index in [1.54, 1.807) is 11.8 Å². The average molecular weight is 323 g/mol. The molecule has 1 aliphatic rings. The predicted octanol–water partition coefficient (Wildman–Crippen LogP) is 4.03. The van der Waals surface area contributed by atoms with Crippen LogP contribution in [0.3, 0.4) is 0 Å². The Kier molecular flexibility index (Phi) is 3.38. The number of anilines is 1. The summed E-state index contributed by atoms with van der Waals surface area (Å²) >= 11 is 1.67. The zero-order valence-corrected chi connectivity index (χ0v) is 13.8. The molecule has 0 radical (unpaired) electrons. The highest BCUT2D eigenvalue weighted by molar-refractivity contribution is 8.01. The van der Waals surface area contributed by atoms with E-state index in [9.17, 15) is 4.79 Å². The summed E-state index contributed by atoms with van der Waals surface area (Å²) in [4.78, 5) is 12.2. The number of fused-ring (bicyclic) bond motifs is 2. The molecule has 4 rings (SSSR count). The van der Waals surface area contributed by atoms with Gasteiger partial charge < -0.3 is 5.32 Å². The molecule has 3 aromatic rings. The molecule has 0 unspecified atom stereocenters. The van der Waals surface area contributed by atoms with Crippen LogP contribution in [0.4, 0.5) is 5.82 Å². The quantitative estimate of drug-likeness (QED) is 0.711. The molecule has 2 atom stereocenters. The molecule has 2 N–H and O–H groups in total. The summed E-state index contributed by atoms with van der Waals surface area (Å²) in [5.74, 6) is 0.660. The van der Waals surface area contributed by atoms with E-state index < -0.39 is 0 Å². The fraction of sp³-hybridized carbons (Fsp3) is 0.222. The average Bonchev–Trinajstić information content (AvgIpc) is 2.86. The maximum Gasteiger partial charge on any atom is 0.238 e. The Morgan fingerprint density at radius 1 is 1.13 bits per heavy atom. The number of aromatic amines is 1. The highest BCUT2D eigenvalue weighted by Crippen LogP contribution is 2.46. The van der Waals surface area contributed by atoms with Gasteiger partial charge >= 0.3 is 0 Å². The Balaban J connectivity index is 1.96. The van der Waals surface area contributed by atoms with Crippen LogP contribution in [0.5, 0.6) is 0 Å². The van der Waals surface area contributed by atoms with Gasteiger partial charge in [-0.2, -0.15) is 5.10 Å². The van der Waals surface area contributed by atoms with Gasteiger partial charge in [0.05, 0.1) is 10.5 Å². The van der Waals surface area contributed by atoms with Crippen LogP contribution in [0.15, 0.2) is 42.5 Å². The molecule has 0 saturated heterocycles. The third-order valence-corrected chi connectivity index (χ3v) is 5.70. The van der Waals surface area contributed by atoms with Gasteiger partial charge in [0.2, 0.25) is 5.91 Å². The van der Waals surface area contributed by atoms with E-state index in [0.717, 1.165) is 11.3 Å². The number of carbonyl (C=O) groups is 1. The maximum absolute atomic E-state index is 12.2. The molecule has 23 heavy (non-hydrogen) atoms. The lowest BCUT2D eigenvalue weighted by Crippen LogP contribution is -2.21. The van der Waals surface area contributed by atoms with Gasteiger partial charge in [0.15, 0.2) is 5.82 Å². The molecule has 1 aliphatic heterocycles. The minimum atomic E-state index is -0.132. The van der Waals surface area contributed by atoms with Crippen LogP contribution in [0.2, 0.25) is 0 Å². The van der Waals surface area contributed by atoms with Crippen LogP contribution >= 0.6 is 11.8 Å². The number of hydrogen-bond donors (Lipinski definition) is 2. The molecular formula is C18H17N3OS. The number of carbonyl (C=O) groups excluding carboxylic acids is 1. The molecule has 5 heteroatoms. The van der Waals surface area contributed by atoms with E-state index >= 15 is 0 Å². The Morgan fingerprint density at radius 2 is 1.91 bits per heavy atom. The molecular weight excluding hydrogens is 306 g/mol. The molecule has 2 aromatic carbocycles. The van der Waals surface area contributed by atoms with E-state index in [0.29, 0.717) is 5.82 Å². The Labute approximate surface area is 138 Å². The van der Waals surface area contributed by atoms with Gasteiger partial charge in [-0.05, 0) is 30.2 Å². The third-order valence-electron chi connectivity index (χ3n) is 4.31. The van der Waals surface area contributed by atoms with Gasteiger partial charge in [-0.15, -0.1) is 11.8 Å². The van der Waals surface area contributed by atoms with Crippen LogP contribution in [-0.2, 0) is 4.79 Å². The van der Waals surface area contributed by atoms with Crippen molar-refractivity contribution in [1.82, 2.24) is 10.2 Å². The van der Waals surface area contributed by atoms with Crippen LogP contribution in [0, 0.1) is 6.92 Å². The molecule has 2 heterocycles. The monoisotopic (exact) mass is 323 g/mol. The normalized spacial score (nSPS) is 20.9. The Hall–Kier alpha value is -2.27. The van der Waals surface area contributed by atoms with Crippen molar-refractivity contribution in [2.75, 3.05) is 5.32 Å². The van der Waals surface area contributed by atoms with E-state index in [1.807, 2.05) is 13.8 Å². The van der Waals surface area contributed by atoms with Crippen molar-refractivity contribution in [2.24, 2.45) is 0 Å². The number of aromatic nitrogens is 2. The molecule has 1 aromatic heterocycles. The first-order valence-electron chi connectivity index (χ1n) is 7.64. The Bertz CT molecular complexity index is 897. The topological polar surface area (TPSA) is 57.8 Å². The number of nitrogens with zero attached hydrogens (tertiary/aromatic N) is 1. The van der Waals surface area contributed by atoms with Crippen molar-refractivity contribution >= 4 is 34.3 Å². The first kappa shape index (κ1) is 14.3. The standard InChI is InChI=1S/C18H17N3OS/c1-10-15-16(23-11(2)18(22)19-17(15)21-20-10)14-9-5-7-12-6-3-4-8-13(12)14/h3-9,11,16H,1-2H3,(H2,19,20,21,22)/t11-,16-/m1/s1. The van der Waals surface area contributed by atoms with Gasteiger partial charge in [-0.1, -0.05) is 42.5 Å². The van der Waals surface area contributed by atoms with Crippen molar-refractivity contribution in [2.45, 2.75) is 24.3 Å². The van der Waals surface area contributed by atoms with Crippen molar-refractivity contribution in [3.8, 4) is 0 Å². The number of nitrogens with one attached hydrogen (secondary N) is 2. The molecule has 0 aliphatic carbocycles. The SMILES string of the molecule is Cc1[nH]nc2c1[C@@H](c1cccc3ccccc13)S[C@H](C)C(=O)N2. The number of aryl methyl sites for hydroxylation is 1. The smallest absolute Gasteiger partial charge is 0.238 e. The zero-order chi connectivity index (χ0) is 16.0. The molecule has 0 saturated carbocycles. The largest absolute Gasteiger partial charge is 0.308 e. The molecule has 0 spiro atoms. The maximum atomic E-state index is 12.2. The van der Waals surface area contributed by atoms with Crippen molar-refractivity contribution in [3.63, 3.8) is 0 Å². The lowest BCUT2D eigenvalue weighted by atomic mass is 9.98. The summed E-state index contributed by atoms with van der Waals surface area (Å²) in [5, 5.41) is 12.6. The Morgan fingerprint density at radius 3 is 2.78 bits per heavy atom. The van der Waals surface area contributed by atoms with Gasteiger partial charge in [0, 0.05) is 11.3 Å². The van der Waals surface area contributed by atoms with E-state index in [1.165, 1.54) is 16.3 Å². The fourth-order valence-electron chi connectivity index (χ4n) is 3.11. The fourth-order valence-corrected chi connectivity index (χ4v) is 4.48. The molecule has 0 fully saturated rings. The number of H-pyrrole nitrogens is 1. The van der Waals surface area contributed by atoms with Gasteiger partial charge in [-0.3, -0.25) is 9.89 Å². The third kappa shape index (κ3) is 2.32. The lowest BCUT2D eigenvalue weighted by Gasteiger charge is -2.19. The summed E-state index contributed by atoms with van der Waals surface area (Å²) in [5.41, 5.74) is 3.30. The second-order valence-electron chi connectivity index (χ2n) is 5.83. The molecule has 4 nitrogen and oxygen atoms in total. The number of hydrogen-bond acceptors (Lipinski definition) is 3. The second-order valence-corrected chi connectivity index (χ2v) is 7.28. The van der Waals surface area contributed by atoms with Crippen LogP contribution in [0.1, 0.15) is 29.0 Å². The number of benzene rings is 2. The highest BCUT2D eigenvalue weighted by atomic mass is 32.2. The lowest BCUT2D eigenvalue weighted by molar-refractivity contribution is -0.115. The number of thioether (sulfide) groups is 1. The van der Waals surface area contributed by atoms with Gasteiger partial charge in [-0.25, -0.2) is 0 Å². The second kappa shape index (κ2) is 5.42. The first-order chi connectivity index (χ1) is 11.1. The van der Waals surface area contributed by atoms with Crippen LogP contribution in [-0.4, -0.2) is 21.4 Å². The van der Waals surface area contributed by atoms with E-state index in [-0.39, 0.29) is 16.4 Å².